The molecule has 0 atom stereocenters. The molecule has 2 aromatic carbocycles. The number of benzene rings is 2. The van der Waals surface area contributed by atoms with Gasteiger partial charge in [0.15, 0.2) is 11.5 Å². The van der Waals surface area contributed by atoms with Crippen molar-refractivity contribution < 1.29 is 14.3 Å². The van der Waals surface area contributed by atoms with Crippen LogP contribution in [-0.4, -0.2) is 30.3 Å². The van der Waals surface area contributed by atoms with Crippen LogP contribution in [0.3, 0.4) is 0 Å². The Kier molecular flexibility index (Phi) is 5.74. The number of nitrogens with zero attached hydrogens (tertiary/aromatic N) is 2. The third kappa shape index (κ3) is 4.37. The number of hydrogen-bond acceptors (Lipinski definition) is 6. The maximum Gasteiger partial charge on any atom is 0.276 e. The molecular weight excluding hydrogens is 356 g/mol. The number of carbonyl (C=O) groups is 1. The molecular formula is C21H22N4O3. The van der Waals surface area contributed by atoms with Gasteiger partial charge in [-0.1, -0.05) is 17.7 Å². The van der Waals surface area contributed by atoms with Gasteiger partial charge in [0.05, 0.1) is 19.9 Å². The van der Waals surface area contributed by atoms with E-state index in [1.807, 2.05) is 44.2 Å². The normalized spacial score (nSPS) is 10.3. The largest absolute Gasteiger partial charge is 0.497 e. The Balaban J connectivity index is 1.72. The molecule has 1 aromatic heterocycles. The number of methoxy groups -OCH3 is 2. The molecule has 0 unspecified atom stereocenters. The van der Waals surface area contributed by atoms with Gasteiger partial charge in [0, 0.05) is 11.8 Å². The molecule has 0 aliphatic heterocycles. The van der Waals surface area contributed by atoms with Gasteiger partial charge in [-0.15, -0.1) is 10.2 Å². The first-order chi connectivity index (χ1) is 13.5. The summed E-state index contributed by atoms with van der Waals surface area (Å²) in [4.78, 5) is 12.4. The lowest BCUT2D eigenvalue weighted by Crippen LogP contribution is -2.15. The zero-order chi connectivity index (χ0) is 20.1. The van der Waals surface area contributed by atoms with E-state index in [2.05, 4.69) is 20.8 Å². The van der Waals surface area contributed by atoms with Crippen molar-refractivity contribution in [1.29, 1.82) is 0 Å². The van der Waals surface area contributed by atoms with Crippen molar-refractivity contribution in [1.82, 2.24) is 10.2 Å². The topological polar surface area (TPSA) is 85.4 Å². The van der Waals surface area contributed by atoms with Gasteiger partial charge in [-0.05, 0) is 49.7 Å². The maximum absolute atomic E-state index is 12.4. The third-order valence-electron chi connectivity index (χ3n) is 4.20. The van der Waals surface area contributed by atoms with E-state index in [0.29, 0.717) is 23.0 Å². The quantitative estimate of drug-likeness (QED) is 0.671. The number of rotatable bonds is 6. The molecule has 7 heteroatoms. The fourth-order valence-electron chi connectivity index (χ4n) is 2.70. The fourth-order valence-corrected chi connectivity index (χ4v) is 2.70. The Morgan fingerprint density at radius 2 is 1.68 bits per heavy atom. The first-order valence-electron chi connectivity index (χ1n) is 8.71. The first kappa shape index (κ1) is 19.2. The van der Waals surface area contributed by atoms with E-state index in [1.165, 1.54) is 0 Å². The summed E-state index contributed by atoms with van der Waals surface area (Å²) in [5, 5.41) is 14.1. The van der Waals surface area contributed by atoms with Crippen LogP contribution >= 0.6 is 0 Å². The van der Waals surface area contributed by atoms with E-state index in [9.17, 15) is 4.79 Å². The van der Waals surface area contributed by atoms with Crippen LogP contribution in [0, 0.1) is 13.8 Å². The lowest BCUT2D eigenvalue weighted by atomic mass is 10.1. The van der Waals surface area contributed by atoms with E-state index in [-0.39, 0.29) is 11.6 Å². The van der Waals surface area contributed by atoms with Crippen molar-refractivity contribution >= 4 is 23.1 Å². The molecule has 0 radical (unpaired) electrons. The maximum atomic E-state index is 12.4. The van der Waals surface area contributed by atoms with Crippen LogP contribution < -0.4 is 20.1 Å². The van der Waals surface area contributed by atoms with Gasteiger partial charge in [0.1, 0.15) is 11.5 Å². The Morgan fingerprint density at radius 1 is 0.893 bits per heavy atom. The monoisotopic (exact) mass is 378 g/mol. The summed E-state index contributed by atoms with van der Waals surface area (Å²) >= 11 is 0. The molecule has 3 rings (SSSR count). The molecule has 0 saturated carbocycles. The summed E-state index contributed by atoms with van der Waals surface area (Å²) in [6.45, 7) is 3.96. The van der Waals surface area contributed by atoms with Crippen molar-refractivity contribution in [2.24, 2.45) is 0 Å². The predicted octanol–water partition coefficient (Wildman–Crippen LogP) is 4.11. The molecule has 1 amide bonds. The highest BCUT2D eigenvalue weighted by Gasteiger charge is 2.11. The molecule has 28 heavy (non-hydrogen) atoms. The van der Waals surface area contributed by atoms with Gasteiger partial charge in [0.2, 0.25) is 0 Å². The average molecular weight is 378 g/mol. The number of nitrogens with one attached hydrogen (secondary N) is 2. The minimum atomic E-state index is -0.312. The Hall–Kier alpha value is -3.61. The van der Waals surface area contributed by atoms with Gasteiger partial charge >= 0.3 is 0 Å². The second kappa shape index (κ2) is 8.39. The van der Waals surface area contributed by atoms with E-state index in [0.717, 1.165) is 16.8 Å². The van der Waals surface area contributed by atoms with Crippen LogP contribution in [0.4, 0.5) is 17.2 Å². The van der Waals surface area contributed by atoms with Gasteiger partial charge in [-0.2, -0.15) is 0 Å². The Bertz CT molecular complexity index is 987. The number of anilines is 3. The highest BCUT2D eigenvalue weighted by Crippen LogP contribution is 2.30. The smallest absolute Gasteiger partial charge is 0.276 e. The van der Waals surface area contributed by atoms with Crippen LogP contribution in [0.5, 0.6) is 11.5 Å². The molecule has 0 aliphatic carbocycles. The third-order valence-corrected chi connectivity index (χ3v) is 4.20. The van der Waals surface area contributed by atoms with Gasteiger partial charge < -0.3 is 20.1 Å². The number of hydrogen-bond donors (Lipinski definition) is 2. The number of aryl methyl sites for hydroxylation is 2. The molecule has 0 aliphatic rings. The highest BCUT2D eigenvalue weighted by molar-refractivity contribution is 6.03. The number of amides is 1. The van der Waals surface area contributed by atoms with Crippen molar-refractivity contribution in [3.8, 4) is 11.5 Å². The minimum Gasteiger partial charge on any atom is -0.497 e. The highest BCUT2D eigenvalue weighted by atomic mass is 16.5. The van der Waals surface area contributed by atoms with E-state index in [1.54, 1.807) is 32.4 Å². The van der Waals surface area contributed by atoms with Crippen molar-refractivity contribution in [2.75, 3.05) is 24.9 Å². The molecule has 7 nitrogen and oxygen atoms in total. The zero-order valence-electron chi connectivity index (χ0n) is 16.2. The summed E-state index contributed by atoms with van der Waals surface area (Å²) < 4.78 is 10.5. The molecule has 0 spiro atoms. The summed E-state index contributed by atoms with van der Waals surface area (Å²) in [6.07, 6.45) is 0. The number of carbonyl (C=O) groups excluding carboxylic acids is 1. The van der Waals surface area contributed by atoms with Crippen molar-refractivity contribution in [3.05, 3.63) is 65.4 Å². The zero-order valence-corrected chi connectivity index (χ0v) is 16.2. The second-order valence-corrected chi connectivity index (χ2v) is 6.27. The van der Waals surface area contributed by atoms with Crippen LogP contribution in [0.2, 0.25) is 0 Å². The lowest BCUT2D eigenvalue weighted by molar-refractivity contribution is 0.102. The standard InChI is InChI=1S/C21H22N4O3/c1-13-5-7-16(14(2)11-13)23-21(26)18-9-10-20(25-24-18)22-17-8-6-15(27-3)12-19(17)28-4/h5-12H,1-4H3,(H,22,25)(H,23,26). The second-order valence-electron chi connectivity index (χ2n) is 6.27. The molecule has 144 valence electrons. The van der Waals surface area contributed by atoms with Gasteiger partial charge in [-0.25, -0.2) is 0 Å². The fraction of sp³-hybridized carbons (Fsp3) is 0.190. The molecule has 2 N–H and O–H groups in total. The Labute approximate surface area is 163 Å². The van der Waals surface area contributed by atoms with Crippen LogP contribution in [0.15, 0.2) is 48.5 Å². The van der Waals surface area contributed by atoms with Crippen LogP contribution in [-0.2, 0) is 0 Å². The van der Waals surface area contributed by atoms with E-state index >= 15 is 0 Å². The van der Waals surface area contributed by atoms with Gasteiger partial charge in [0.25, 0.3) is 5.91 Å². The summed E-state index contributed by atoms with van der Waals surface area (Å²) in [5.41, 5.74) is 3.82. The van der Waals surface area contributed by atoms with E-state index in [4.69, 9.17) is 9.47 Å². The summed E-state index contributed by atoms with van der Waals surface area (Å²) in [7, 11) is 3.17. The van der Waals surface area contributed by atoms with E-state index < -0.39 is 0 Å². The predicted molar refractivity (Wildman–Crippen MR) is 109 cm³/mol. The first-order valence-corrected chi connectivity index (χ1v) is 8.71. The van der Waals surface area contributed by atoms with Crippen molar-refractivity contribution in [3.63, 3.8) is 0 Å². The average Bonchev–Trinajstić information content (AvgIpc) is 2.71. The lowest BCUT2D eigenvalue weighted by Gasteiger charge is -2.12. The van der Waals surface area contributed by atoms with Crippen molar-refractivity contribution in [2.45, 2.75) is 13.8 Å². The number of aromatic nitrogens is 2. The molecule has 3 aromatic rings. The summed E-state index contributed by atoms with van der Waals surface area (Å²) in [6, 6.07) is 14.5. The minimum absolute atomic E-state index is 0.229. The Morgan fingerprint density at radius 3 is 2.32 bits per heavy atom. The van der Waals surface area contributed by atoms with Crippen LogP contribution in [0.1, 0.15) is 21.6 Å². The molecule has 1 heterocycles. The summed E-state index contributed by atoms with van der Waals surface area (Å²) in [5.74, 6) is 1.48. The van der Waals surface area contributed by atoms with Crippen LogP contribution in [0.25, 0.3) is 0 Å². The molecule has 0 saturated heterocycles. The number of ether oxygens (including phenoxy) is 2. The SMILES string of the molecule is COc1ccc(Nc2ccc(C(=O)Nc3ccc(C)cc3C)nn2)c(OC)c1. The molecule has 0 fully saturated rings. The molecule has 0 bridgehead atoms. The van der Waals surface area contributed by atoms with Gasteiger partial charge in [-0.3, -0.25) is 4.79 Å².